The van der Waals surface area contributed by atoms with Crippen LogP contribution in [-0.2, 0) is 6.54 Å². The molecule has 1 aliphatic carbocycles. The first-order chi connectivity index (χ1) is 10.6. The first-order valence-corrected chi connectivity index (χ1v) is 7.57. The molecule has 0 amide bonds. The van der Waals surface area contributed by atoms with Crippen LogP contribution in [0.1, 0.15) is 35.2 Å². The highest BCUT2D eigenvalue weighted by Gasteiger charge is 2.47. The number of carbonyl (C=O) groups is 1. The van der Waals surface area contributed by atoms with Crippen LogP contribution in [0.2, 0.25) is 0 Å². The van der Waals surface area contributed by atoms with Crippen molar-refractivity contribution in [1.82, 2.24) is 14.8 Å². The van der Waals surface area contributed by atoms with E-state index in [1.54, 1.807) is 4.68 Å². The van der Waals surface area contributed by atoms with E-state index in [-0.39, 0.29) is 5.56 Å². The fourth-order valence-corrected chi connectivity index (χ4v) is 3.16. The summed E-state index contributed by atoms with van der Waals surface area (Å²) in [5.74, 6) is -0.175. The quantitative estimate of drug-likeness (QED) is 0.829. The van der Waals surface area contributed by atoms with E-state index >= 15 is 0 Å². The third kappa shape index (κ3) is 2.45. The highest BCUT2D eigenvalue weighted by Crippen LogP contribution is 2.53. The van der Waals surface area contributed by atoms with Crippen molar-refractivity contribution in [2.45, 2.75) is 25.8 Å². The fourth-order valence-electron chi connectivity index (χ4n) is 3.16. The number of nitrogens with zero attached hydrogens (tertiary/aromatic N) is 4. The Morgan fingerprint density at radius 2 is 2.14 bits per heavy atom. The summed E-state index contributed by atoms with van der Waals surface area (Å²) in [6, 6.07) is 4.07. The molecule has 0 radical (unpaired) electrons. The first-order valence-electron chi connectivity index (χ1n) is 7.57. The van der Waals surface area contributed by atoms with E-state index in [1.807, 2.05) is 18.3 Å². The number of aromatic nitrogens is 3. The molecule has 1 saturated heterocycles. The Bertz CT molecular complexity index is 703. The van der Waals surface area contributed by atoms with E-state index in [2.05, 4.69) is 15.0 Å². The minimum Gasteiger partial charge on any atom is -0.545 e. The van der Waals surface area contributed by atoms with E-state index in [0.29, 0.717) is 12.0 Å². The van der Waals surface area contributed by atoms with Gasteiger partial charge in [0, 0.05) is 31.0 Å². The molecule has 0 aromatic carbocycles. The Labute approximate surface area is 128 Å². The number of anilines is 1. The number of aromatic carboxylic acids is 1. The van der Waals surface area contributed by atoms with Crippen LogP contribution < -0.4 is 10.0 Å². The molecular weight excluding hydrogens is 280 g/mol. The topological polar surface area (TPSA) is 74.1 Å². The molecule has 1 aliphatic heterocycles. The summed E-state index contributed by atoms with van der Waals surface area (Å²) in [4.78, 5) is 17.6. The van der Waals surface area contributed by atoms with Gasteiger partial charge in [0.2, 0.25) is 0 Å². The Hall–Kier alpha value is -2.37. The SMILES string of the molecule is O=C([O-])c1cnn(Cc2ccc(N3CCC4(CC4)C3)nc2)c1. The van der Waals surface area contributed by atoms with Gasteiger partial charge in [-0.1, -0.05) is 6.07 Å². The van der Waals surface area contributed by atoms with Crippen LogP contribution in [0.25, 0.3) is 0 Å². The Kier molecular flexibility index (Phi) is 2.92. The standard InChI is InChI=1S/C16H18N4O2/c21-15(22)13-8-18-20(10-13)9-12-1-2-14(17-7-12)19-6-5-16(11-19)3-4-16/h1-2,7-8,10H,3-6,9,11H2,(H,21,22)/p-1. The summed E-state index contributed by atoms with van der Waals surface area (Å²) in [6.45, 7) is 2.73. The fraction of sp³-hybridized carbons (Fsp3) is 0.438. The lowest BCUT2D eigenvalue weighted by Gasteiger charge is -2.17. The van der Waals surface area contributed by atoms with E-state index in [4.69, 9.17) is 0 Å². The Morgan fingerprint density at radius 1 is 1.27 bits per heavy atom. The van der Waals surface area contributed by atoms with Gasteiger partial charge in [-0.05, 0) is 36.3 Å². The van der Waals surface area contributed by atoms with Gasteiger partial charge in [0.25, 0.3) is 0 Å². The maximum Gasteiger partial charge on any atom is 0.128 e. The van der Waals surface area contributed by atoms with Crippen molar-refractivity contribution < 1.29 is 9.90 Å². The number of carboxylic acid groups (broad SMARTS) is 1. The molecule has 0 N–H and O–H groups in total. The van der Waals surface area contributed by atoms with Crippen LogP contribution >= 0.6 is 0 Å². The maximum absolute atomic E-state index is 10.7. The number of hydrogen-bond donors (Lipinski definition) is 0. The van der Waals surface area contributed by atoms with Crippen LogP contribution in [0.3, 0.4) is 0 Å². The zero-order valence-electron chi connectivity index (χ0n) is 12.2. The van der Waals surface area contributed by atoms with E-state index < -0.39 is 5.97 Å². The predicted octanol–water partition coefficient (Wildman–Crippen LogP) is 0.680. The third-order valence-corrected chi connectivity index (χ3v) is 4.74. The van der Waals surface area contributed by atoms with Crippen molar-refractivity contribution >= 4 is 11.8 Å². The minimum absolute atomic E-state index is 0.0939. The number of carboxylic acids is 1. The number of pyridine rings is 1. The first kappa shape index (κ1) is 13.3. The second-order valence-corrected chi connectivity index (χ2v) is 6.41. The molecule has 2 aromatic rings. The Balaban J connectivity index is 1.44. The lowest BCUT2D eigenvalue weighted by atomic mass is 10.1. The molecule has 6 nitrogen and oxygen atoms in total. The van der Waals surface area contributed by atoms with Gasteiger partial charge in [-0.15, -0.1) is 0 Å². The van der Waals surface area contributed by atoms with Gasteiger partial charge >= 0.3 is 0 Å². The van der Waals surface area contributed by atoms with Gasteiger partial charge < -0.3 is 14.8 Å². The molecule has 0 unspecified atom stereocenters. The van der Waals surface area contributed by atoms with Crippen molar-refractivity contribution in [3.63, 3.8) is 0 Å². The van der Waals surface area contributed by atoms with Crippen molar-refractivity contribution in [3.05, 3.63) is 41.9 Å². The average molecular weight is 297 g/mol. The number of hydrogen-bond acceptors (Lipinski definition) is 5. The molecule has 1 saturated carbocycles. The lowest BCUT2D eigenvalue weighted by Crippen LogP contribution is -2.21. The molecule has 0 bridgehead atoms. The van der Waals surface area contributed by atoms with Gasteiger partial charge in [-0.25, -0.2) is 4.98 Å². The monoisotopic (exact) mass is 297 g/mol. The molecule has 114 valence electrons. The highest BCUT2D eigenvalue weighted by atomic mass is 16.4. The van der Waals surface area contributed by atoms with Gasteiger partial charge in [0.1, 0.15) is 5.82 Å². The summed E-state index contributed by atoms with van der Waals surface area (Å²) in [7, 11) is 0. The molecule has 22 heavy (non-hydrogen) atoms. The highest BCUT2D eigenvalue weighted by molar-refractivity contribution is 5.84. The summed E-state index contributed by atoms with van der Waals surface area (Å²) in [6.07, 6.45) is 8.63. The zero-order chi connectivity index (χ0) is 15.2. The van der Waals surface area contributed by atoms with Crippen LogP contribution in [-0.4, -0.2) is 33.8 Å². The second kappa shape index (κ2) is 4.83. The van der Waals surface area contributed by atoms with E-state index in [1.165, 1.54) is 31.7 Å². The van der Waals surface area contributed by atoms with Crippen LogP contribution in [0, 0.1) is 5.41 Å². The number of rotatable bonds is 4. The second-order valence-electron chi connectivity index (χ2n) is 6.41. The van der Waals surface area contributed by atoms with E-state index in [0.717, 1.165) is 24.5 Å². The average Bonchev–Trinajstić information content (AvgIpc) is 2.93. The Morgan fingerprint density at radius 3 is 2.73 bits per heavy atom. The predicted molar refractivity (Wildman–Crippen MR) is 78.4 cm³/mol. The van der Waals surface area contributed by atoms with Crippen molar-refractivity contribution in [3.8, 4) is 0 Å². The summed E-state index contributed by atoms with van der Waals surface area (Å²) < 4.78 is 1.58. The molecule has 1 spiro atoms. The molecular formula is C16H17N4O2-. The summed E-state index contributed by atoms with van der Waals surface area (Å²) in [5, 5.41) is 14.8. The minimum atomic E-state index is -1.21. The molecule has 2 aromatic heterocycles. The molecule has 2 fully saturated rings. The lowest BCUT2D eigenvalue weighted by molar-refractivity contribution is -0.255. The van der Waals surface area contributed by atoms with Crippen LogP contribution in [0.4, 0.5) is 5.82 Å². The van der Waals surface area contributed by atoms with E-state index in [9.17, 15) is 9.90 Å². The number of carbonyl (C=O) groups excluding carboxylic acids is 1. The smallest absolute Gasteiger partial charge is 0.128 e. The van der Waals surface area contributed by atoms with Gasteiger partial charge in [0.15, 0.2) is 0 Å². The molecule has 6 heteroatoms. The summed E-state index contributed by atoms with van der Waals surface area (Å²) >= 11 is 0. The van der Waals surface area contributed by atoms with Gasteiger partial charge in [0.05, 0.1) is 18.7 Å². The van der Waals surface area contributed by atoms with Crippen molar-refractivity contribution in [2.75, 3.05) is 18.0 Å². The molecule has 3 heterocycles. The van der Waals surface area contributed by atoms with Gasteiger partial charge in [-0.3, -0.25) is 4.68 Å². The van der Waals surface area contributed by atoms with Crippen molar-refractivity contribution in [2.24, 2.45) is 5.41 Å². The van der Waals surface area contributed by atoms with Crippen molar-refractivity contribution in [1.29, 1.82) is 0 Å². The van der Waals surface area contributed by atoms with Crippen LogP contribution in [0.15, 0.2) is 30.7 Å². The summed E-state index contributed by atoms with van der Waals surface area (Å²) in [5.41, 5.74) is 1.69. The maximum atomic E-state index is 10.7. The normalized spacial score (nSPS) is 18.8. The molecule has 0 atom stereocenters. The zero-order valence-corrected chi connectivity index (χ0v) is 12.2. The molecule has 2 aliphatic rings. The van der Waals surface area contributed by atoms with Gasteiger partial charge in [-0.2, -0.15) is 5.10 Å². The van der Waals surface area contributed by atoms with Crippen LogP contribution in [0.5, 0.6) is 0 Å². The largest absolute Gasteiger partial charge is 0.545 e. The molecule has 4 rings (SSSR count). The third-order valence-electron chi connectivity index (χ3n) is 4.74.